The highest BCUT2D eigenvalue weighted by Gasteiger charge is 2.55. The van der Waals surface area contributed by atoms with Crippen molar-refractivity contribution in [2.45, 2.75) is 110 Å². The molecule has 0 bridgehead atoms. The third-order valence-electron chi connectivity index (χ3n) is 7.92. The predicted octanol–water partition coefficient (Wildman–Crippen LogP) is 3.35. The van der Waals surface area contributed by atoms with Gasteiger partial charge in [-0.25, -0.2) is 0 Å². The molecule has 4 aliphatic rings. The van der Waals surface area contributed by atoms with Crippen molar-refractivity contribution in [2.75, 3.05) is 6.54 Å². The standard InChI is InChI=1S/C24H39BN2O4/c1-21(2,29)14-26-16-12-17(13-16)27-19-11-15(9-10-18(19)22(3,4)20(27)28)25-30-23(5,6)24(7,8)31-25/h11,16-17,26,29H,9-10,12-14H2,1-8H3. The van der Waals surface area contributed by atoms with Gasteiger partial charge in [-0.15, -0.1) is 0 Å². The largest absolute Gasteiger partial charge is 0.490 e. The summed E-state index contributed by atoms with van der Waals surface area (Å²) >= 11 is 0. The molecule has 172 valence electrons. The summed E-state index contributed by atoms with van der Waals surface area (Å²) < 4.78 is 12.6. The Labute approximate surface area is 187 Å². The molecule has 2 aliphatic carbocycles. The summed E-state index contributed by atoms with van der Waals surface area (Å²) in [6.07, 6.45) is 5.72. The third-order valence-corrected chi connectivity index (χ3v) is 7.92. The molecule has 1 amide bonds. The first-order chi connectivity index (χ1) is 14.1. The lowest BCUT2D eigenvalue weighted by Crippen LogP contribution is -2.55. The highest BCUT2D eigenvalue weighted by atomic mass is 16.7. The van der Waals surface area contributed by atoms with Crippen LogP contribution in [0.15, 0.2) is 22.8 Å². The number of carbonyl (C=O) groups excluding carboxylic acids is 1. The van der Waals surface area contributed by atoms with Gasteiger partial charge in [0, 0.05) is 24.3 Å². The van der Waals surface area contributed by atoms with Crippen molar-refractivity contribution in [3.8, 4) is 0 Å². The van der Waals surface area contributed by atoms with Gasteiger partial charge in [0.05, 0.1) is 22.2 Å². The van der Waals surface area contributed by atoms with E-state index in [1.54, 1.807) is 0 Å². The number of hydrogen-bond acceptors (Lipinski definition) is 5. The van der Waals surface area contributed by atoms with Crippen LogP contribution in [0.3, 0.4) is 0 Å². The Kier molecular flexibility index (Phi) is 5.33. The molecule has 7 heteroatoms. The van der Waals surface area contributed by atoms with Crippen LogP contribution in [0.2, 0.25) is 0 Å². The molecule has 1 saturated carbocycles. The van der Waals surface area contributed by atoms with Gasteiger partial charge in [0.15, 0.2) is 0 Å². The van der Waals surface area contributed by atoms with Gasteiger partial charge in [0.25, 0.3) is 0 Å². The fraction of sp³-hybridized carbons (Fsp3) is 0.792. The molecule has 0 aromatic heterocycles. The minimum atomic E-state index is -0.726. The second kappa shape index (κ2) is 7.18. The Morgan fingerprint density at radius 2 is 1.71 bits per heavy atom. The lowest BCUT2D eigenvalue weighted by molar-refractivity contribution is -0.137. The second-order valence-corrected chi connectivity index (χ2v) is 12.0. The third kappa shape index (κ3) is 3.92. The van der Waals surface area contributed by atoms with Gasteiger partial charge in [-0.3, -0.25) is 4.79 Å². The summed E-state index contributed by atoms with van der Waals surface area (Å²) in [7, 11) is -0.359. The molecular weight excluding hydrogens is 391 g/mol. The number of carbonyl (C=O) groups is 1. The van der Waals surface area contributed by atoms with Gasteiger partial charge in [0.1, 0.15) is 0 Å². The van der Waals surface area contributed by atoms with Gasteiger partial charge < -0.3 is 24.6 Å². The van der Waals surface area contributed by atoms with Gasteiger partial charge in [-0.1, -0.05) is 0 Å². The van der Waals surface area contributed by atoms with E-state index in [0.717, 1.165) is 36.9 Å². The zero-order chi connectivity index (χ0) is 23.0. The van der Waals surface area contributed by atoms with E-state index >= 15 is 0 Å². The van der Waals surface area contributed by atoms with Crippen LogP contribution in [-0.4, -0.2) is 58.5 Å². The molecule has 0 spiro atoms. The number of aliphatic hydroxyl groups is 1. The Morgan fingerprint density at radius 3 is 2.26 bits per heavy atom. The quantitative estimate of drug-likeness (QED) is 0.655. The van der Waals surface area contributed by atoms with Crippen LogP contribution < -0.4 is 5.32 Å². The minimum absolute atomic E-state index is 0.201. The summed E-state index contributed by atoms with van der Waals surface area (Å²) in [4.78, 5) is 15.5. The molecule has 4 rings (SSSR count). The van der Waals surface area contributed by atoms with Crippen LogP contribution in [-0.2, 0) is 14.1 Å². The monoisotopic (exact) mass is 430 g/mol. The topological polar surface area (TPSA) is 71.0 Å². The molecule has 6 nitrogen and oxygen atoms in total. The van der Waals surface area contributed by atoms with Crippen LogP contribution in [0.25, 0.3) is 0 Å². The second-order valence-electron chi connectivity index (χ2n) is 12.0. The van der Waals surface area contributed by atoms with Crippen molar-refractivity contribution < 1.29 is 19.2 Å². The smallest absolute Gasteiger partial charge is 0.400 e. The fourth-order valence-electron chi connectivity index (χ4n) is 5.02. The van der Waals surface area contributed by atoms with Gasteiger partial charge in [-0.2, -0.15) is 0 Å². The molecule has 2 heterocycles. The first kappa shape index (κ1) is 23.0. The van der Waals surface area contributed by atoms with E-state index in [0.29, 0.717) is 12.6 Å². The van der Waals surface area contributed by atoms with E-state index in [4.69, 9.17) is 9.31 Å². The molecule has 2 N–H and O–H groups in total. The maximum absolute atomic E-state index is 13.4. The normalized spacial score (nSPS) is 31.6. The molecule has 1 saturated heterocycles. The molecule has 0 aromatic rings. The first-order valence-corrected chi connectivity index (χ1v) is 11.7. The zero-order valence-electron chi connectivity index (χ0n) is 20.5. The van der Waals surface area contributed by atoms with Crippen LogP contribution in [0.5, 0.6) is 0 Å². The average Bonchev–Trinajstić information content (AvgIpc) is 2.93. The molecular formula is C24H39BN2O4. The average molecular weight is 430 g/mol. The highest BCUT2D eigenvalue weighted by Crippen LogP contribution is 2.50. The van der Waals surface area contributed by atoms with Crippen LogP contribution in [0.1, 0.15) is 81.1 Å². The van der Waals surface area contributed by atoms with E-state index in [2.05, 4.69) is 52.9 Å². The summed E-state index contributed by atoms with van der Waals surface area (Å²) in [5.74, 6) is 0.204. The van der Waals surface area contributed by atoms with E-state index in [1.165, 1.54) is 5.57 Å². The molecule has 2 aliphatic heterocycles. The number of amides is 1. The maximum atomic E-state index is 13.4. The Hall–Kier alpha value is -1.15. The van der Waals surface area contributed by atoms with Crippen LogP contribution in [0.4, 0.5) is 0 Å². The lowest BCUT2D eigenvalue weighted by atomic mass is 9.70. The van der Waals surface area contributed by atoms with Crippen LogP contribution >= 0.6 is 0 Å². The minimum Gasteiger partial charge on any atom is -0.400 e. The van der Waals surface area contributed by atoms with Crippen molar-refractivity contribution in [1.29, 1.82) is 0 Å². The summed E-state index contributed by atoms with van der Waals surface area (Å²) in [6.45, 7) is 16.6. The van der Waals surface area contributed by atoms with Crippen molar-refractivity contribution in [2.24, 2.45) is 5.41 Å². The molecule has 0 atom stereocenters. The number of allylic oxidation sites excluding steroid dienone is 2. The SMILES string of the molecule is CC(C)(O)CNC1CC(N2C(=O)C(C)(C)C3=C2C=C(B2OC(C)(C)C(C)(C)O2)CC3)C1. The summed E-state index contributed by atoms with van der Waals surface area (Å²) in [5, 5.41) is 13.4. The number of nitrogens with one attached hydrogen (secondary N) is 1. The predicted molar refractivity (Wildman–Crippen MR) is 122 cm³/mol. The number of nitrogens with zero attached hydrogens (tertiary/aromatic N) is 1. The van der Waals surface area contributed by atoms with Crippen molar-refractivity contribution in [3.63, 3.8) is 0 Å². The Balaban J connectivity index is 1.53. The number of hydrogen-bond donors (Lipinski definition) is 2. The zero-order valence-corrected chi connectivity index (χ0v) is 20.5. The van der Waals surface area contributed by atoms with Crippen molar-refractivity contribution >= 4 is 13.0 Å². The molecule has 0 aromatic carbocycles. The van der Waals surface area contributed by atoms with Crippen LogP contribution in [0, 0.1) is 5.41 Å². The molecule has 31 heavy (non-hydrogen) atoms. The molecule has 0 unspecified atom stereocenters. The Bertz CT molecular complexity index is 815. The Morgan fingerprint density at radius 1 is 1.13 bits per heavy atom. The van der Waals surface area contributed by atoms with E-state index in [1.807, 2.05) is 18.7 Å². The summed E-state index contributed by atoms with van der Waals surface area (Å²) in [6, 6.07) is 0.541. The van der Waals surface area contributed by atoms with Gasteiger partial charge in [0.2, 0.25) is 5.91 Å². The van der Waals surface area contributed by atoms with Crippen molar-refractivity contribution in [3.05, 3.63) is 22.8 Å². The van der Waals surface area contributed by atoms with E-state index in [-0.39, 0.29) is 30.3 Å². The van der Waals surface area contributed by atoms with E-state index < -0.39 is 11.0 Å². The summed E-state index contributed by atoms with van der Waals surface area (Å²) in [5.41, 5.74) is 1.51. The van der Waals surface area contributed by atoms with Gasteiger partial charge in [-0.05, 0) is 98.2 Å². The highest BCUT2D eigenvalue weighted by molar-refractivity contribution is 6.54. The molecule has 0 radical (unpaired) electrons. The molecule has 2 fully saturated rings. The first-order valence-electron chi connectivity index (χ1n) is 11.7. The van der Waals surface area contributed by atoms with Crippen molar-refractivity contribution in [1.82, 2.24) is 10.2 Å². The lowest BCUT2D eigenvalue weighted by Gasteiger charge is -2.43. The van der Waals surface area contributed by atoms with E-state index in [9.17, 15) is 9.90 Å². The number of rotatable bonds is 5. The fourth-order valence-corrected chi connectivity index (χ4v) is 5.02. The maximum Gasteiger partial charge on any atom is 0.490 e. The van der Waals surface area contributed by atoms with Gasteiger partial charge >= 0.3 is 7.12 Å².